The number of nitrogens with one attached hydrogen (secondary N) is 1. The molecule has 0 aliphatic carbocycles. The number of amides is 2. The summed E-state index contributed by atoms with van der Waals surface area (Å²) in [5, 5.41) is 2.94. The summed E-state index contributed by atoms with van der Waals surface area (Å²) >= 11 is 0. The largest absolute Gasteiger partial charge is 0.347 e. The maximum atomic E-state index is 12.2. The number of nitrogens with zero attached hydrogens (tertiary/aromatic N) is 1. The number of likely N-dealkylation sites (N-methyl/N-ethyl adjacent to an activating group) is 1. The molecule has 4 nitrogen and oxygen atoms in total. The fraction of sp³-hybridized carbons (Fsp3) is 0.529. The highest BCUT2D eigenvalue weighted by atomic mass is 16.2. The molecule has 0 spiro atoms. The van der Waals surface area contributed by atoms with Crippen LogP contribution in [0.4, 0.5) is 0 Å². The van der Waals surface area contributed by atoms with E-state index in [2.05, 4.69) is 5.32 Å². The van der Waals surface area contributed by atoms with Crippen LogP contribution >= 0.6 is 0 Å². The second-order valence-electron chi connectivity index (χ2n) is 6.78. The summed E-state index contributed by atoms with van der Waals surface area (Å²) in [6.45, 7) is 6.70. The summed E-state index contributed by atoms with van der Waals surface area (Å²) < 4.78 is 0. The number of rotatable bonds is 2. The van der Waals surface area contributed by atoms with E-state index in [1.807, 2.05) is 40.0 Å². The van der Waals surface area contributed by atoms with Gasteiger partial charge in [0.05, 0.1) is 5.92 Å². The van der Waals surface area contributed by atoms with Crippen LogP contribution in [0.25, 0.3) is 0 Å². The fourth-order valence-electron chi connectivity index (χ4n) is 2.62. The second-order valence-corrected chi connectivity index (χ2v) is 6.78. The minimum absolute atomic E-state index is 0.0662. The summed E-state index contributed by atoms with van der Waals surface area (Å²) in [5.74, 6) is 0.0257. The van der Waals surface area contributed by atoms with Crippen LogP contribution in [0.5, 0.6) is 0 Å². The molecule has 0 bridgehead atoms. The van der Waals surface area contributed by atoms with E-state index in [0.717, 1.165) is 24.9 Å². The van der Waals surface area contributed by atoms with Gasteiger partial charge in [0.25, 0.3) is 5.91 Å². The lowest BCUT2D eigenvalue weighted by Crippen LogP contribution is -2.40. The Kier molecular flexibility index (Phi) is 4.35. The van der Waals surface area contributed by atoms with Gasteiger partial charge in [-0.3, -0.25) is 9.59 Å². The van der Waals surface area contributed by atoms with E-state index >= 15 is 0 Å². The minimum Gasteiger partial charge on any atom is -0.347 e. The highest BCUT2D eigenvalue weighted by Gasteiger charge is 2.27. The van der Waals surface area contributed by atoms with E-state index in [0.29, 0.717) is 5.56 Å². The molecule has 1 aromatic carbocycles. The van der Waals surface area contributed by atoms with Crippen molar-refractivity contribution in [2.75, 3.05) is 13.6 Å². The van der Waals surface area contributed by atoms with Crippen molar-refractivity contribution in [2.45, 2.75) is 45.1 Å². The van der Waals surface area contributed by atoms with E-state index in [9.17, 15) is 9.59 Å². The average molecular weight is 288 g/mol. The van der Waals surface area contributed by atoms with Gasteiger partial charge in [-0.2, -0.15) is 0 Å². The molecule has 1 aromatic rings. The number of hydrogen-bond acceptors (Lipinski definition) is 2. The standard InChI is InChI=1S/C17H24N2O2/c1-17(2,3)18-15(20)13-9-7-12(8-10-13)14-6-5-11-19(4)16(14)21/h7-10,14H,5-6,11H2,1-4H3,(H,18,20). The molecule has 114 valence electrons. The topological polar surface area (TPSA) is 49.4 Å². The smallest absolute Gasteiger partial charge is 0.251 e. The third kappa shape index (κ3) is 3.84. The summed E-state index contributed by atoms with van der Waals surface area (Å²) in [4.78, 5) is 26.0. The molecule has 1 aliphatic heterocycles. The van der Waals surface area contributed by atoms with Crippen molar-refractivity contribution in [3.8, 4) is 0 Å². The number of piperidine rings is 1. The van der Waals surface area contributed by atoms with Crippen molar-refractivity contribution in [1.29, 1.82) is 0 Å². The van der Waals surface area contributed by atoms with Crippen molar-refractivity contribution >= 4 is 11.8 Å². The number of carbonyl (C=O) groups is 2. The summed E-state index contributed by atoms with van der Waals surface area (Å²) in [5.41, 5.74) is 1.38. The Hall–Kier alpha value is -1.84. The van der Waals surface area contributed by atoms with Gasteiger partial charge in [0.15, 0.2) is 0 Å². The first-order chi connectivity index (χ1) is 9.78. The first kappa shape index (κ1) is 15.5. The molecule has 4 heteroatoms. The Morgan fingerprint density at radius 1 is 1.24 bits per heavy atom. The zero-order valence-electron chi connectivity index (χ0n) is 13.3. The maximum absolute atomic E-state index is 12.2. The first-order valence-corrected chi connectivity index (χ1v) is 7.45. The van der Waals surface area contributed by atoms with Gasteiger partial charge >= 0.3 is 0 Å². The summed E-state index contributed by atoms with van der Waals surface area (Å²) in [7, 11) is 1.85. The number of carbonyl (C=O) groups excluding carboxylic acids is 2. The Labute approximate surface area is 126 Å². The lowest BCUT2D eigenvalue weighted by Gasteiger charge is -2.29. The number of benzene rings is 1. The molecule has 0 saturated carbocycles. The van der Waals surface area contributed by atoms with Crippen LogP contribution in [-0.4, -0.2) is 35.8 Å². The zero-order valence-corrected chi connectivity index (χ0v) is 13.3. The molecule has 1 fully saturated rings. The van der Waals surface area contributed by atoms with Crippen molar-refractivity contribution < 1.29 is 9.59 Å². The van der Waals surface area contributed by atoms with E-state index in [-0.39, 0.29) is 23.3 Å². The lowest BCUT2D eigenvalue weighted by molar-refractivity contribution is -0.133. The van der Waals surface area contributed by atoms with E-state index in [4.69, 9.17) is 0 Å². The highest BCUT2D eigenvalue weighted by molar-refractivity contribution is 5.94. The fourth-order valence-corrected chi connectivity index (χ4v) is 2.62. The monoisotopic (exact) mass is 288 g/mol. The van der Waals surface area contributed by atoms with Crippen LogP contribution < -0.4 is 5.32 Å². The van der Waals surface area contributed by atoms with Gasteiger partial charge in [-0.25, -0.2) is 0 Å². The maximum Gasteiger partial charge on any atom is 0.251 e. The van der Waals surface area contributed by atoms with Crippen molar-refractivity contribution in [3.05, 3.63) is 35.4 Å². The van der Waals surface area contributed by atoms with Crippen LogP contribution in [-0.2, 0) is 4.79 Å². The predicted octanol–water partition coefficient (Wildman–Crippen LogP) is 2.55. The summed E-state index contributed by atoms with van der Waals surface area (Å²) in [6.07, 6.45) is 1.91. The third-order valence-corrected chi connectivity index (χ3v) is 3.72. The molecule has 2 rings (SSSR count). The molecule has 1 aliphatic rings. The van der Waals surface area contributed by atoms with Crippen LogP contribution in [0.15, 0.2) is 24.3 Å². The normalized spacial score (nSPS) is 19.5. The molecule has 21 heavy (non-hydrogen) atoms. The van der Waals surface area contributed by atoms with Crippen LogP contribution in [0.3, 0.4) is 0 Å². The van der Waals surface area contributed by atoms with Gasteiger partial charge in [0.2, 0.25) is 5.91 Å². The Bertz CT molecular complexity index is 529. The van der Waals surface area contributed by atoms with Gasteiger partial charge in [0.1, 0.15) is 0 Å². The molecule has 1 unspecified atom stereocenters. The van der Waals surface area contributed by atoms with Gasteiger partial charge in [0, 0.05) is 24.7 Å². The van der Waals surface area contributed by atoms with Gasteiger partial charge in [-0.1, -0.05) is 12.1 Å². The molecule has 0 radical (unpaired) electrons. The van der Waals surface area contributed by atoms with E-state index in [1.54, 1.807) is 17.0 Å². The molecule has 1 N–H and O–H groups in total. The Morgan fingerprint density at radius 3 is 2.43 bits per heavy atom. The minimum atomic E-state index is -0.252. The molecule has 1 heterocycles. The predicted molar refractivity (Wildman–Crippen MR) is 83.3 cm³/mol. The van der Waals surface area contributed by atoms with Gasteiger partial charge < -0.3 is 10.2 Å². The molecule has 2 amide bonds. The Morgan fingerprint density at radius 2 is 1.86 bits per heavy atom. The lowest BCUT2D eigenvalue weighted by atomic mass is 9.89. The second kappa shape index (κ2) is 5.88. The van der Waals surface area contributed by atoms with Crippen molar-refractivity contribution in [2.24, 2.45) is 0 Å². The Balaban J connectivity index is 2.12. The van der Waals surface area contributed by atoms with E-state index < -0.39 is 0 Å². The van der Waals surface area contributed by atoms with Crippen LogP contribution in [0.1, 0.15) is 55.5 Å². The average Bonchev–Trinajstić information content (AvgIpc) is 2.40. The van der Waals surface area contributed by atoms with Crippen molar-refractivity contribution in [1.82, 2.24) is 10.2 Å². The van der Waals surface area contributed by atoms with E-state index in [1.165, 1.54) is 0 Å². The quantitative estimate of drug-likeness (QED) is 0.909. The molecule has 0 aromatic heterocycles. The van der Waals surface area contributed by atoms with Gasteiger partial charge in [-0.15, -0.1) is 0 Å². The SMILES string of the molecule is CN1CCCC(c2ccc(C(=O)NC(C)(C)C)cc2)C1=O. The van der Waals surface area contributed by atoms with Crippen molar-refractivity contribution in [3.63, 3.8) is 0 Å². The van der Waals surface area contributed by atoms with Gasteiger partial charge in [-0.05, 0) is 51.3 Å². The zero-order chi connectivity index (χ0) is 15.6. The molecule has 1 saturated heterocycles. The van der Waals surface area contributed by atoms with Crippen LogP contribution in [0.2, 0.25) is 0 Å². The number of hydrogen-bond donors (Lipinski definition) is 1. The highest BCUT2D eigenvalue weighted by Crippen LogP contribution is 2.27. The first-order valence-electron chi connectivity index (χ1n) is 7.45. The molecular weight excluding hydrogens is 264 g/mol. The molecule has 1 atom stereocenters. The summed E-state index contributed by atoms with van der Waals surface area (Å²) in [6, 6.07) is 7.41. The number of likely N-dealkylation sites (tertiary alicyclic amines) is 1. The molecular formula is C17H24N2O2. The van der Waals surface area contributed by atoms with Crippen LogP contribution in [0, 0.1) is 0 Å². The third-order valence-electron chi connectivity index (χ3n) is 3.72.